The average molecular weight is 396 g/mol. The van der Waals surface area contributed by atoms with Crippen LogP contribution in [0.3, 0.4) is 0 Å². The van der Waals surface area contributed by atoms with Crippen molar-refractivity contribution in [2.45, 2.75) is 19.3 Å². The van der Waals surface area contributed by atoms with Gasteiger partial charge in [-0.05, 0) is 38.6 Å². The molecule has 2 saturated heterocycles. The van der Waals surface area contributed by atoms with Gasteiger partial charge in [-0.2, -0.15) is 0 Å². The van der Waals surface area contributed by atoms with Gasteiger partial charge in [-0.15, -0.1) is 0 Å². The number of hydrogen-bond acceptors (Lipinski definition) is 5. The molecule has 154 valence electrons. The smallest absolute Gasteiger partial charge is 0.255 e. The van der Waals surface area contributed by atoms with E-state index in [0.717, 1.165) is 44.0 Å². The standard InChI is InChI=1S/C22H29N5O2/c1-16-12-19(26-10-8-24(2)9-11-26)13-20(23-16)17-6-7-27(15-17)22(29)18-4-5-21(28)25(3)14-18/h4-5,12-14,17H,6-11,15H2,1-3H3/t17-/m1/s1. The van der Waals surface area contributed by atoms with Crippen LogP contribution in [0.1, 0.15) is 34.1 Å². The number of pyridine rings is 2. The van der Waals surface area contributed by atoms with E-state index in [1.165, 1.54) is 16.3 Å². The highest BCUT2D eigenvalue weighted by Gasteiger charge is 2.29. The first-order valence-corrected chi connectivity index (χ1v) is 10.3. The molecule has 0 aromatic carbocycles. The van der Waals surface area contributed by atoms with E-state index in [4.69, 9.17) is 4.98 Å². The van der Waals surface area contributed by atoms with Gasteiger partial charge in [0, 0.05) is 81.6 Å². The SMILES string of the molecule is Cc1cc(N2CCN(C)CC2)cc([C@@H]2CCN(C(=O)c3ccc(=O)n(C)c3)C2)n1. The predicted octanol–water partition coefficient (Wildman–Crippen LogP) is 1.47. The molecule has 2 aliphatic rings. The van der Waals surface area contributed by atoms with Crippen LogP contribution in [0.5, 0.6) is 0 Å². The molecule has 4 rings (SSSR count). The van der Waals surface area contributed by atoms with E-state index in [1.807, 2.05) is 11.8 Å². The first kappa shape index (κ1) is 19.6. The summed E-state index contributed by atoms with van der Waals surface area (Å²) in [5.41, 5.74) is 3.79. The van der Waals surface area contributed by atoms with Gasteiger partial charge >= 0.3 is 0 Å². The second kappa shape index (κ2) is 7.99. The Morgan fingerprint density at radius 1 is 1.07 bits per heavy atom. The predicted molar refractivity (Wildman–Crippen MR) is 114 cm³/mol. The molecule has 7 heteroatoms. The second-order valence-electron chi connectivity index (χ2n) is 8.29. The highest BCUT2D eigenvalue weighted by atomic mass is 16.2. The molecule has 2 fully saturated rings. The van der Waals surface area contributed by atoms with Gasteiger partial charge in [0.15, 0.2) is 0 Å². The summed E-state index contributed by atoms with van der Waals surface area (Å²) in [5.74, 6) is 0.229. The molecule has 1 amide bonds. The van der Waals surface area contributed by atoms with Crippen molar-refractivity contribution in [1.29, 1.82) is 0 Å². The summed E-state index contributed by atoms with van der Waals surface area (Å²) >= 11 is 0. The van der Waals surface area contributed by atoms with E-state index in [9.17, 15) is 9.59 Å². The first-order valence-electron chi connectivity index (χ1n) is 10.3. The van der Waals surface area contributed by atoms with E-state index in [-0.39, 0.29) is 17.4 Å². The molecule has 0 unspecified atom stereocenters. The number of aryl methyl sites for hydroxylation is 2. The van der Waals surface area contributed by atoms with E-state index in [1.54, 1.807) is 19.3 Å². The minimum atomic E-state index is -0.110. The van der Waals surface area contributed by atoms with Crippen molar-refractivity contribution in [3.63, 3.8) is 0 Å². The maximum atomic E-state index is 12.9. The Hall–Kier alpha value is -2.67. The van der Waals surface area contributed by atoms with Crippen LogP contribution in [-0.4, -0.2) is 71.6 Å². The normalized spacial score (nSPS) is 20.3. The van der Waals surface area contributed by atoms with E-state index in [2.05, 4.69) is 29.0 Å². The molecule has 0 saturated carbocycles. The third kappa shape index (κ3) is 4.19. The topological polar surface area (TPSA) is 61.7 Å². The fourth-order valence-corrected chi connectivity index (χ4v) is 4.22. The number of rotatable bonds is 3. The van der Waals surface area contributed by atoms with Crippen molar-refractivity contribution in [2.24, 2.45) is 7.05 Å². The number of aromatic nitrogens is 2. The number of amides is 1. The van der Waals surface area contributed by atoms with Crippen molar-refractivity contribution in [3.05, 3.63) is 57.8 Å². The number of nitrogens with zero attached hydrogens (tertiary/aromatic N) is 5. The Labute approximate surface area is 171 Å². The molecule has 0 aliphatic carbocycles. The van der Waals surface area contributed by atoms with Gasteiger partial charge in [-0.3, -0.25) is 14.6 Å². The van der Waals surface area contributed by atoms with Crippen LogP contribution in [0.2, 0.25) is 0 Å². The average Bonchev–Trinajstić information content (AvgIpc) is 3.20. The van der Waals surface area contributed by atoms with Crippen LogP contribution in [0.25, 0.3) is 0 Å². The summed E-state index contributed by atoms with van der Waals surface area (Å²) in [4.78, 5) is 35.9. The molecule has 0 radical (unpaired) electrons. The molecule has 2 aliphatic heterocycles. The van der Waals surface area contributed by atoms with Crippen molar-refractivity contribution < 1.29 is 4.79 Å². The maximum absolute atomic E-state index is 12.9. The van der Waals surface area contributed by atoms with Crippen LogP contribution in [-0.2, 0) is 7.05 Å². The fraction of sp³-hybridized carbons (Fsp3) is 0.500. The largest absolute Gasteiger partial charge is 0.369 e. The lowest BCUT2D eigenvalue weighted by molar-refractivity contribution is 0.0789. The molecule has 2 aromatic heterocycles. The Bertz CT molecular complexity index is 962. The monoisotopic (exact) mass is 395 g/mol. The highest BCUT2D eigenvalue weighted by molar-refractivity contribution is 5.94. The number of hydrogen-bond donors (Lipinski definition) is 0. The number of likely N-dealkylation sites (N-methyl/N-ethyl adjacent to an activating group) is 1. The Balaban J connectivity index is 1.49. The van der Waals surface area contributed by atoms with Crippen molar-refractivity contribution >= 4 is 11.6 Å². The zero-order valence-electron chi connectivity index (χ0n) is 17.5. The minimum absolute atomic E-state index is 0.0185. The first-order chi connectivity index (χ1) is 13.9. The molecule has 1 atom stereocenters. The summed E-state index contributed by atoms with van der Waals surface area (Å²) in [5, 5.41) is 0. The number of carbonyl (C=O) groups is 1. The third-order valence-corrected chi connectivity index (χ3v) is 6.05. The van der Waals surface area contributed by atoms with Gasteiger partial charge in [0.05, 0.1) is 5.56 Å². The Kier molecular flexibility index (Phi) is 5.41. The van der Waals surface area contributed by atoms with Gasteiger partial charge in [0.1, 0.15) is 0 Å². The third-order valence-electron chi connectivity index (χ3n) is 6.05. The summed E-state index contributed by atoms with van der Waals surface area (Å²) in [6, 6.07) is 7.44. The molecule has 0 N–H and O–H groups in total. The van der Waals surface area contributed by atoms with Crippen molar-refractivity contribution in [2.75, 3.05) is 51.2 Å². The summed E-state index contributed by atoms with van der Waals surface area (Å²) in [6.07, 6.45) is 2.53. The van der Waals surface area contributed by atoms with Crippen LogP contribution in [0.15, 0.2) is 35.3 Å². The summed E-state index contributed by atoms with van der Waals surface area (Å²) in [7, 11) is 3.83. The van der Waals surface area contributed by atoms with Crippen LogP contribution in [0, 0.1) is 6.92 Å². The molecule has 7 nitrogen and oxygen atoms in total. The summed E-state index contributed by atoms with van der Waals surface area (Å²) < 4.78 is 1.45. The lowest BCUT2D eigenvalue weighted by Gasteiger charge is -2.34. The van der Waals surface area contributed by atoms with Gasteiger partial charge in [0.25, 0.3) is 5.91 Å². The number of anilines is 1. The number of piperazine rings is 1. The number of carbonyl (C=O) groups excluding carboxylic acids is 1. The van der Waals surface area contributed by atoms with Crippen LogP contribution >= 0.6 is 0 Å². The lowest BCUT2D eigenvalue weighted by Crippen LogP contribution is -2.44. The number of likely N-dealkylation sites (tertiary alicyclic amines) is 1. The molecule has 0 spiro atoms. The van der Waals surface area contributed by atoms with Gasteiger partial charge in [-0.25, -0.2) is 0 Å². The molecule has 29 heavy (non-hydrogen) atoms. The fourth-order valence-electron chi connectivity index (χ4n) is 4.22. The minimum Gasteiger partial charge on any atom is -0.369 e. The van der Waals surface area contributed by atoms with Gasteiger partial charge < -0.3 is 19.3 Å². The zero-order chi connectivity index (χ0) is 20.5. The maximum Gasteiger partial charge on any atom is 0.255 e. The Morgan fingerprint density at radius 3 is 2.55 bits per heavy atom. The molecule has 4 heterocycles. The molecular weight excluding hydrogens is 366 g/mol. The van der Waals surface area contributed by atoms with Crippen LogP contribution in [0.4, 0.5) is 5.69 Å². The lowest BCUT2D eigenvalue weighted by atomic mass is 10.0. The zero-order valence-corrected chi connectivity index (χ0v) is 17.5. The van der Waals surface area contributed by atoms with Gasteiger partial charge in [-0.1, -0.05) is 0 Å². The van der Waals surface area contributed by atoms with E-state index in [0.29, 0.717) is 18.7 Å². The van der Waals surface area contributed by atoms with Crippen molar-refractivity contribution in [3.8, 4) is 0 Å². The van der Waals surface area contributed by atoms with Crippen LogP contribution < -0.4 is 10.5 Å². The molecular formula is C22H29N5O2. The highest BCUT2D eigenvalue weighted by Crippen LogP contribution is 2.30. The van der Waals surface area contributed by atoms with E-state index >= 15 is 0 Å². The molecule has 0 bridgehead atoms. The second-order valence-corrected chi connectivity index (χ2v) is 8.29. The Morgan fingerprint density at radius 2 is 1.83 bits per heavy atom. The van der Waals surface area contributed by atoms with Gasteiger partial charge in [0.2, 0.25) is 5.56 Å². The summed E-state index contributed by atoms with van der Waals surface area (Å²) in [6.45, 7) is 7.63. The quantitative estimate of drug-likeness (QED) is 0.788. The molecule has 2 aromatic rings. The van der Waals surface area contributed by atoms with Crippen molar-refractivity contribution in [1.82, 2.24) is 19.4 Å². The van der Waals surface area contributed by atoms with E-state index < -0.39 is 0 Å².